The number of carbonyl (C=O) groups excluding carboxylic acids is 1. The molecule has 0 heterocycles. The van der Waals surface area contributed by atoms with E-state index in [0.717, 1.165) is 22.6 Å². The molecule has 3 nitrogen and oxygen atoms in total. The molecule has 104 valence electrons. The predicted molar refractivity (Wildman–Crippen MR) is 81.5 cm³/mol. The number of aryl methyl sites for hydroxylation is 2. The van der Waals surface area contributed by atoms with E-state index in [-0.39, 0.29) is 5.91 Å². The molecule has 1 amide bonds. The minimum atomic E-state index is -0.109. The zero-order valence-corrected chi connectivity index (χ0v) is 12.1. The zero-order chi connectivity index (χ0) is 14.5. The summed E-state index contributed by atoms with van der Waals surface area (Å²) >= 11 is 0. The third kappa shape index (κ3) is 3.38. The van der Waals surface area contributed by atoms with Gasteiger partial charge in [0, 0.05) is 11.3 Å². The number of rotatable bonds is 4. The second-order valence-electron chi connectivity index (χ2n) is 4.74. The molecule has 0 radical (unpaired) electrons. The number of hydrogen-bond acceptors (Lipinski definition) is 2. The molecule has 0 aliphatic rings. The van der Waals surface area contributed by atoms with Gasteiger partial charge in [0.1, 0.15) is 5.75 Å². The lowest BCUT2D eigenvalue weighted by atomic mass is 10.1. The van der Waals surface area contributed by atoms with E-state index in [9.17, 15) is 4.79 Å². The van der Waals surface area contributed by atoms with Gasteiger partial charge in [-0.3, -0.25) is 4.79 Å². The first-order chi connectivity index (χ1) is 9.60. The lowest BCUT2D eigenvalue weighted by molar-refractivity contribution is 0.102. The van der Waals surface area contributed by atoms with Crippen molar-refractivity contribution in [3.63, 3.8) is 0 Å². The number of carbonyl (C=O) groups is 1. The smallest absolute Gasteiger partial charge is 0.255 e. The second-order valence-corrected chi connectivity index (χ2v) is 4.74. The Balaban J connectivity index is 2.15. The van der Waals surface area contributed by atoms with Gasteiger partial charge in [-0.05, 0) is 62.2 Å². The summed E-state index contributed by atoms with van der Waals surface area (Å²) in [6, 6.07) is 13.2. The first-order valence-electron chi connectivity index (χ1n) is 6.71. The van der Waals surface area contributed by atoms with Crippen LogP contribution in [0, 0.1) is 13.8 Å². The van der Waals surface area contributed by atoms with Gasteiger partial charge in [-0.25, -0.2) is 0 Å². The number of ether oxygens (including phenoxy) is 1. The quantitative estimate of drug-likeness (QED) is 0.912. The summed E-state index contributed by atoms with van der Waals surface area (Å²) in [5, 5.41) is 2.90. The maximum atomic E-state index is 12.2. The lowest BCUT2D eigenvalue weighted by Gasteiger charge is -2.10. The molecule has 0 fully saturated rings. The van der Waals surface area contributed by atoms with Crippen molar-refractivity contribution in [1.29, 1.82) is 0 Å². The molecular formula is C17H19NO2. The molecule has 1 N–H and O–H groups in total. The molecule has 0 bridgehead atoms. The monoisotopic (exact) mass is 269 g/mol. The molecule has 0 spiro atoms. The Morgan fingerprint density at radius 3 is 2.60 bits per heavy atom. The van der Waals surface area contributed by atoms with Crippen molar-refractivity contribution in [1.82, 2.24) is 0 Å². The van der Waals surface area contributed by atoms with Crippen LogP contribution in [0.4, 0.5) is 5.69 Å². The van der Waals surface area contributed by atoms with Crippen molar-refractivity contribution in [2.24, 2.45) is 0 Å². The number of nitrogens with one attached hydrogen (secondary N) is 1. The molecule has 2 rings (SSSR count). The average Bonchev–Trinajstić information content (AvgIpc) is 2.41. The van der Waals surface area contributed by atoms with Crippen molar-refractivity contribution in [2.75, 3.05) is 11.9 Å². The van der Waals surface area contributed by atoms with E-state index in [2.05, 4.69) is 5.32 Å². The maximum Gasteiger partial charge on any atom is 0.255 e. The van der Waals surface area contributed by atoms with Crippen LogP contribution >= 0.6 is 0 Å². The van der Waals surface area contributed by atoms with Crippen molar-refractivity contribution < 1.29 is 9.53 Å². The van der Waals surface area contributed by atoms with Crippen molar-refractivity contribution >= 4 is 11.6 Å². The minimum absolute atomic E-state index is 0.109. The summed E-state index contributed by atoms with van der Waals surface area (Å²) in [4.78, 5) is 12.2. The highest BCUT2D eigenvalue weighted by Crippen LogP contribution is 2.20. The molecule has 0 atom stereocenters. The van der Waals surface area contributed by atoms with Crippen LogP contribution in [-0.4, -0.2) is 12.5 Å². The number of amides is 1. The van der Waals surface area contributed by atoms with Gasteiger partial charge in [0.2, 0.25) is 0 Å². The van der Waals surface area contributed by atoms with Crippen molar-refractivity contribution in [3.05, 3.63) is 59.2 Å². The van der Waals surface area contributed by atoms with Crippen LogP contribution in [0.2, 0.25) is 0 Å². The lowest BCUT2D eigenvalue weighted by Crippen LogP contribution is -2.12. The predicted octanol–water partition coefficient (Wildman–Crippen LogP) is 3.95. The summed E-state index contributed by atoms with van der Waals surface area (Å²) in [6.45, 7) is 6.50. The van der Waals surface area contributed by atoms with Gasteiger partial charge in [0.15, 0.2) is 0 Å². The Morgan fingerprint density at radius 1 is 1.15 bits per heavy atom. The van der Waals surface area contributed by atoms with Crippen molar-refractivity contribution in [2.45, 2.75) is 20.8 Å². The van der Waals surface area contributed by atoms with E-state index in [1.165, 1.54) is 0 Å². The second kappa shape index (κ2) is 6.24. The minimum Gasteiger partial charge on any atom is -0.494 e. The molecule has 0 aliphatic heterocycles. The van der Waals surface area contributed by atoms with Crippen molar-refractivity contribution in [3.8, 4) is 5.75 Å². The van der Waals surface area contributed by atoms with Crippen LogP contribution in [0.1, 0.15) is 28.4 Å². The molecule has 0 aromatic heterocycles. The summed E-state index contributed by atoms with van der Waals surface area (Å²) in [7, 11) is 0. The summed E-state index contributed by atoms with van der Waals surface area (Å²) in [5.41, 5.74) is 3.52. The van der Waals surface area contributed by atoms with E-state index in [1.807, 2.05) is 57.2 Å². The fourth-order valence-corrected chi connectivity index (χ4v) is 2.03. The Hall–Kier alpha value is -2.29. The number of anilines is 1. The van der Waals surface area contributed by atoms with Gasteiger partial charge < -0.3 is 10.1 Å². The molecule has 2 aromatic rings. The highest BCUT2D eigenvalue weighted by atomic mass is 16.5. The van der Waals surface area contributed by atoms with E-state index >= 15 is 0 Å². The average molecular weight is 269 g/mol. The fourth-order valence-electron chi connectivity index (χ4n) is 2.03. The number of hydrogen-bond donors (Lipinski definition) is 1. The third-order valence-electron chi connectivity index (χ3n) is 3.01. The third-order valence-corrected chi connectivity index (χ3v) is 3.01. The summed E-state index contributed by atoms with van der Waals surface area (Å²) in [5.74, 6) is 0.710. The first-order valence-corrected chi connectivity index (χ1v) is 6.71. The Morgan fingerprint density at radius 2 is 1.95 bits per heavy atom. The maximum absolute atomic E-state index is 12.2. The van der Waals surface area contributed by atoms with E-state index in [4.69, 9.17) is 4.74 Å². The first kappa shape index (κ1) is 14.1. The number of benzene rings is 2. The van der Waals surface area contributed by atoms with Gasteiger partial charge in [0.05, 0.1) is 6.61 Å². The van der Waals surface area contributed by atoms with Crippen LogP contribution in [0.5, 0.6) is 5.75 Å². The molecule has 20 heavy (non-hydrogen) atoms. The summed E-state index contributed by atoms with van der Waals surface area (Å²) in [6.07, 6.45) is 0. The molecule has 0 saturated carbocycles. The topological polar surface area (TPSA) is 38.3 Å². The molecular weight excluding hydrogens is 250 g/mol. The largest absolute Gasteiger partial charge is 0.494 e. The Bertz CT molecular complexity index is 620. The van der Waals surface area contributed by atoms with Gasteiger partial charge in [0.25, 0.3) is 5.91 Å². The van der Waals surface area contributed by atoms with E-state index in [0.29, 0.717) is 12.2 Å². The standard InChI is InChI=1S/C17H19NO2/c1-4-20-16-9-8-14(11-13(16)3)17(19)18-15-7-5-6-12(2)10-15/h5-11H,4H2,1-3H3,(H,18,19). The molecule has 0 aliphatic carbocycles. The van der Waals surface area contributed by atoms with Crippen LogP contribution < -0.4 is 10.1 Å². The Kier molecular flexibility index (Phi) is 4.41. The Labute approximate surface area is 119 Å². The van der Waals surface area contributed by atoms with Crippen LogP contribution in [0.25, 0.3) is 0 Å². The molecule has 3 heteroatoms. The van der Waals surface area contributed by atoms with Crippen LogP contribution in [-0.2, 0) is 0 Å². The van der Waals surface area contributed by atoms with E-state index < -0.39 is 0 Å². The van der Waals surface area contributed by atoms with Crippen LogP contribution in [0.15, 0.2) is 42.5 Å². The van der Waals surface area contributed by atoms with Gasteiger partial charge in [-0.2, -0.15) is 0 Å². The van der Waals surface area contributed by atoms with Gasteiger partial charge in [-0.1, -0.05) is 12.1 Å². The van der Waals surface area contributed by atoms with Gasteiger partial charge >= 0.3 is 0 Å². The molecule has 0 unspecified atom stereocenters. The highest BCUT2D eigenvalue weighted by Gasteiger charge is 2.08. The normalized spacial score (nSPS) is 10.2. The SMILES string of the molecule is CCOc1ccc(C(=O)Nc2cccc(C)c2)cc1C. The summed E-state index contributed by atoms with van der Waals surface area (Å²) < 4.78 is 5.47. The van der Waals surface area contributed by atoms with Crippen LogP contribution in [0.3, 0.4) is 0 Å². The fraction of sp³-hybridized carbons (Fsp3) is 0.235. The zero-order valence-electron chi connectivity index (χ0n) is 12.1. The highest BCUT2D eigenvalue weighted by molar-refractivity contribution is 6.04. The van der Waals surface area contributed by atoms with Gasteiger partial charge in [-0.15, -0.1) is 0 Å². The molecule has 0 saturated heterocycles. The van der Waals surface area contributed by atoms with E-state index in [1.54, 1.807) is 6.07 Å². The molecule has 2 aromatic carbocycles.